The lowest BCUT2D eigenvalue weighted by Gasteiger charge is -2.05. The zero-order valence-corrected chi connectivity index (χ0v) is 18.0. The third-order valence-corrected chi connectivity index (χ3v) is 4.99. The minimum atomic E-state index is -0.174. The maximum absolute atomic E-state index is 12.6. The van der Waals surface area contributed by atoms with Gasteiger partial charge in [-0.3, -0.25) is 4.79 Å². The summed E-state index contributed by atoms with van der Waals surface area (Å²) in [5.41, 5.74) is 7.91. The largest absolute Gasteiger partial charge is 0.322 e. The molecule has 0 aliphatic rings. The Kier molecular flexibility index (Phi) is 5.80. The maximum Gasteiger partial charge on any atom is 0.248 e. The second kappa shape index (κ2) is 8.84. The summed E-state index contributed by atoms with van der Waals surface area (Å²) in [7, 11) is 0. The fourth-order valence-electron chi connectivity index (χ4n) is 3.55. The summed E-state index contributed by atoms with van der Waals surface area (Å²) in [6.45, 7) is 6.10. The van der Waals surface area contributed by atoms with Gasteiger partial charge >= 0.3 is 0 Å². The lowest BCUT2D eigenvalue weighted by atomic mass is 10.1. The summed E-state index contributed by atoms with van der Waals surface area (Å²) < 4.78 is 1.84. The van der Waals surface area contributed by atoms with Gasteiger partial charge in [0.2, 0.25) is 5.91 Å². The molecule has 3 aromatic carbocycles. The van der Waals surface area contributed by atoms with E-state index in [-0.39, 0.29) is 5.91 Å². The molecular weight excluding hydrogens is 382 g/mol. The Hall–Kier alpha value is -3.92. The van der Waals surface area contributed by atoms with Gasteiger partial charge in [0, 0.05) is 29.1 Å². The average molecular weight is 408 g/mol. The van der Waals surface area contributed by atoms with Crippen molar-refractivity contribution in [2.45, 2.75) is 20.8 Å². The number of amides is 1. The molecule has 1 aromatic heterocycles. The summed E-state index contributed by atoms with van der Waals surface area (Å²) in [5, 5.41) is 7.75. The number of nitrogens with one attached hydrogen (secondary N) is 1. The molecule has 0 aliphatic carbocycles. The van der Waals surface area contributed by atoms with Crippen LogP contribution in [-0.4, -0.2) is 15.7 Å². The molecule has 4 nitrogen and oxygen atoms in total. The van der Waals surface area contributed by atoms with Crippen LogP contribution in [-0.2, 0) is 4.79 Å². The Balaban J connectivity index is 1.65. The van der Waals surface area contributed by atoms with Crippen molar-refractivity contribution in [2.75, 3.05) is 5.32 Å². The van der Waals surface area contributed by atoms with Crippen LogP contribution in [0, 0.1) is 20.8 Å². The predicted molar refractivity (Wildman–Crippen MR) is 127 cm³/mol. The first-order chi connectivity index (χ1) is 15.0. The Morgan fingerprint density at radius 3 is 2.23 bits per heavy atom. The van der Waals surface area contributed by atoms with Crippen molar-refractivity contribution in [1.82, 2.24) is 9.78 Å². The number of aryl methyl sites for hydroxylation is 3. The highest BCUT2D eigenvalue weighted by atomic mass is 16.1. The monoisotopic (exact) mass is 407 g/mol. The molecule has 0 spiro atoms. The molecule has 0 fully saturated rings. The number of nitrogens with zero attached hydrogens (tertiary/aromatic N) is 2. The van der Waals surface area contributed by atoms with Crippen LogP contribution >= 0.6 is 0 Å². The van der Waals surface area contributed by atoms with Crippen molar-refractivity contribution in [3.8, 4) is 16.9 Å². The SMILES string of the molecule is Cc1ccc(-c2nn(-c3ccccc3)cc2/C=C/C(=O)Nc2cc(C)cc(C)c2)cc1. The Labute approximate surface area is 182 Å². The van der Waals surface area contributed by atoms with Crippen LogP contribution in [0.5, 0.6) is 0 Å². The summed E-state index contributed by atoms with van der Waals surface area (Å²) in [5.74, 6) is -0.174. The first-order valence-corrected chi connectivity index (χ1v) is 10.3. The molecule has 1 amide bonds. The number of para-hydroxylation sites is 1. The molecule has 4 heteroatoms. The number of hydrogen-bond donors (Lipinski definition) is 1. The minimum Gasteiger partial charge on any atom is -0.322 e. The molecule has 0 saturated heterocycles. The highest BCUT2D eigenvalue weighted by Crippen LogP contribution is 2.25. The molecule has 0 saturated carbocycles. The Morgan fingerprint density at radius 1 is 0.871 bits per heavy atom. The lowest BCUT2D eigenvalue weighted by molar-refractivity contribution is -0.111. The second-order valence-electron chi connectivity index (χ2n) is 7.78. The van der Waals surface area contributed by atoms with Crippen LogP contribution < -0.4 is 5.32 Å². The van der Waals surface area contributed by atoms with Crippen molar-refractivity contribution in [3.05, 3.63) is 107 Å². The van der Waals surface area contributed by atoms with Crippen LogP contribution in [0.4, 0.5) is 5.69 Å². The number of aromatic nitrogens is 2. The predicted octanol–water partition coefficient (Wildman–Crippen LogP) is 6.12. The summed E-state index contributed by atoms with van der Waals surface area (Å²) in [4.78, 5) is 12.6. The van der Waals surface area contributed by atoms with Crippen LogP contribution in [0.15, 0.2) is 85.1 Å². The summed E-state index contributed by atoms with van der Waals surface area (Å²) in [6.07, 6.45) is 5.33. The molecule has 4 aromatic rings. The van der Waals surface area contributed by atoms with E-state index < -0.39 is 0 Å². The average Bonchev–Trinajstić information content (AvgIpc) is 3.17. The molecule has 0 bridgehead atoms. The normalized spacial score (nSPS) is 11.1. The van der Waals surface area contributed by atoms with Gasteiger partial charge in [-0.1, -0.05) is 54.1 Å². The molecule has 0 atom stereocenters. The molecule has 0 unspecified atom stereocenters. The third-order valence-electron chi connectivity index (χ3n) is 4.99. The minimum absolute atomic E-state index is 0.174. The van der Waals surface area contributed by atoms with Gasteiger partial charge in [0.1, 0.15) is 0 Å². The van der Waals surface area contributed by atoms with Gasteiger partial charge in [0.05, 0.1) is 11.4 Å². The van der Waals surface area contributed by atoms with Gasteiger partial charge < -0.3 is 5.32 Å². The van der Waals surface area contributed by atoms with Crippen LogP contribution in [0.25, 0.3) is 23.0 Å². The molecule has 4 rings (SSSR count). The van der Waals surface area contributed by atoms with Crippen molar-refractivity contribution in [2.24, 2.45) is 0 Å². The van der Waals surface area contributed by atoms with Gasteiger partial charge in [-0.05, 0) is 62.2 Å². The van der Waals surface area contributed by atoms with E-state index in [1.807, 2.05) is 73.3 Å². The first kappa shape index (κ1) is 20.4. The van der Waals surface area contributed by atoms with Crippen molar-refractivity contribution in [3.63, 3.8) is 0 Å². The van der Waals surface area contributed by atoms with Crippen LogP contribution in [0.3, 0.4) is 0 Å². The zero-order valence-electron chi connectivity index (χ0n) is 18.0. The number of rotatable bonds is 5. The molecule has 31 heavy (non-hydrogen) atoms. The lowest BCUT2D eigenvalue weighted by Crippen LogP contribution is -2.08. The third kappa shape index (κ3) is 4.98. The van der Waals surface area contributed by atoms with Crippen LogP contribution in [0.1, 0.15) is 22.3 Å². The summed E-state index contributed by atoms with van der Waals surface area (Å²) >= 11 is 0. The first-order valence-electron chi connectivity index (χ1n) is 10.3. The molecule has 1 N–H and O–H groups in total. The summed E-state index contributed by atoms with van der Waals surface area (Å²) in [6, 6.07) is 24.2. The second-order valence-corrected chi connectivity index (χ2v) is 7.78. The van der Waals surface area contributed by atoms with E-state index in [4.69, 9.17) is 5.10 Å². The van der Waals surface area contributed by atoms with Gasteiger partial charge in [-0.25, -0.2) is 4.68 Å². The molecule has 0 radical (unpaired) electrons. The van der Waals surface area contributed by atoms with Gasteiger partial charge in [0.25, 0.3) is 0 Å². The standard InChI is InChI=1S/C27H25N3O/c1-19-9-11-22(12-10-19)27-23(18-30(29-27)25-7-5-4-6-8-25)13-14-26(31)28-24-16-20(2)15-21(3)17-24/h4-18H,1-3H3,(H,28,31)/b14-13+. The molecule has 1 heterocycles. The number of benzene rings is 3. The number of carbonyl (C=O) groups is 1. The quantitative estimate of drug-likeness (QED) is 0.405. The van der Waals surface area contributed by atoms with Crippen molar-refractivity contribution < 1.29 is 4.79 Å². The smallest absolute Gasteiger partial charge is 0.248 e. The van der Waals surface area contributed by atoms with E-state index >= 15 is 0 Å². The fourth-order valence-corrected chi connectivity index (χ4v) is 3.55. The van der Waals surface area contributed by atoms with Gasteiger partial charge in [-0.15, -0.1) is 0 Å². The van der Waals surface area contributed by atoms with E-state index in [0.717, 1.165) is 39.3 Å². The van der Waals surface area contributed by atoms with E-state index in [9.17, 15) is 4.79 Å². The van der Waals surface area contributed by atoms with E-state index in [1.165, 1.54) is 5.56 Å². The highest BCUT2D eigenvalue weighted by Gasteiger charge is 2.11. The van der Waals surface area contributed by atoms with E-state index in [1.54, 1.807) is 6.08 Å². The van der Waals surface area contributed by atoms with Crippen LogP contribution in [0.2, 0.25) is 0 Å². The topological polar surface area (TPSA) is 46.9 Å². The van der Waals surface area contributed by atoms with Crippen molar-refractivity contribution >= 4 is 17.7 Å². The highest BCUT2D eigenvalue weighted by molar-refractivity contribution is 6.02. The maximum atomic E-state index is 12.6. The molecular formula is C27H25N3O. The number of hydrogen-bond acceptors (Lipinski definition) is 2. The Bertz CT molecular complexity index is 1220. The Morgan fingerprint density at radius 2 is 1.55 bits per heavy atom. The fraction of sp³-hybridized carbons (Fsp3) is 0.111. The number of carbonyl (C=O) groups excluding carboxylic acids is 1. The molecule has 0 aliphatic heterocycles. The van der Waals surface area contributed by atoms with Gasteiger partial charge in [0.15, 0.2) is 0 Å². The van der Waals surface area contributed by atoms with Gasteiger partial charge in [-0.2, -0.15) is 5.10 Å². The zero-order chi connectivity index (χ0) is 21.8. The van der Waals surface area contributed by atoms with Crippen molar-refractivity contribution in [1.29, 1.82) is 0 Å². The number of anilines is 1. The van der Waals surface area contributed by atoms with E-state index in [2.05, 4.69) is 42.6 Å². The molecule has 154 valence electrons. The van der Waals surface area contributed by atoms with E-state index in [0.29, 0.717) is 0 Å².